The molecule has 2 aromatic heterocycles. The van der Waals surface area contributed by atoms with Crippen LogP contribution in [0.1, 0.15) is 19.9 Å². The van der Waals surface area contributed by atoms with Gasteiger partial charge < -0.3 is 4.42 Å². The summed E-state index contributed by atoms with van der Waals surface area (Å²) in [6.45, 7) is 3.65. The zero-order valence-electron chi connectivity index (χ0n) is 11.6. The molecule has 6 heteroatoms. The fraction of sp³-hybridized carbons (Fsp3) is 0.200. The summed E-state index contributed by atoms with van der Waals surface area (Å²) in [5.41, 5.74) is 0.391. The van der Waals surface area contributed by atoms with E-state index in [-0.39, 0.29) is 11.4 Å². The lowest BCUT2D eigenvalue weighted by molar-refractivity contribution is 0.397. The molecule has 6 nitrogen and oxygen atoms in total. The van der Waals surface area contributed by atoms with Crippen LogP contribution in [0.2, 0.25) is 0 Å². The molecule has 0 bridgehead atoms. The van der Waals surface area contributed by atoms with Crippen molar-refractivity contribution in [1.82, 2.24) is 14.5 Å². The highest BCUT2D eigenvalue weighted by molar-refractivity contribution is 5.74. The summed E-state index contributed by atoms with van der Waals surface area (Å²) >= 11 is 0. The fourth-order valence-electron chi connectivity index (χ4n) is 2.15. The quantitative estimate of drug-likeness (QED) is 0.718. The van der Waals surface area contributed by atoms with Gasteiger partial charge in [0.15, 0.2) is 11.5 Å². The van der Waals surface area contributed by atoms with E-state index in [0.717, 1.165) is 5.56 Å². The molecule has 0 amide bonds. The van der Waals surface area contributed by atoms with Gasteiger partial charge in [-0.25, -0.2) is 19.6 Å². The lowest BCUT2D eigenvalue weighted by atomic mass is 10.2. The Hall–Kier alpha value is -2.76. The second kappa shape index (κ2) is 4.97. The smallest absolute Gasteiger partial charge is 0.372 e. The molecule has 0 aliphatic heterocycles. The van der Waals surface area contributed by atoms with Gasteiger partial charge in [-0.15, -0.1) is 0 Å². The van der Waals surface area contributed by atoms with Gasteiger partial charge in [0.05, 0.1) is 0 Å². The van der Waals surface area contributed by atoms with Crippen molar-refractivity contribution >= 4 is 11.0 Å². The summed E-state index contributed by atoms with van der Waals surface area (Å²) in [5.74, 6) is -0.247. The molecule has 0 radical (unpaired) electrons. The Morgan fingerprint density at radius 3 is 2.52 bits per heavy atom. The second-order valence-electron chi connectivity index (χ2n) is 4.92. The van der Waals surface area contributed by atoms with Crippen molar-refractivity contribution in [1.29, 1.82) is 0 Å². The number of fused-ring (bicyclic) bond motifs is 1. The normalized spacial score (nSPS) is 11.2. The molecule has 0 fully saturated rings. The first kappa shape index (κ1) is 13.2. The SMILES string of the molecule is CC(C)n1c(=O)oc(=O)c2cnc(-c3ccccc3)nc21. The largest absolute Gasteiger partial charge is 0.423 e. The topological polar surface area (TPSA) is 78.0 Å². The molecule has 106 valence electrons. The summed E-state index contributed by atoms with van der Waals surface area (Å²) in [6, 6.07) is 9.19. The van der Waals surface area contributed by atoms with Crippen LogP contribution in [-0.4, -0.2) is 14.5 Å². The fourth-order valence-corrected chi connectivity index (χ4v) is 2.15. The maximum Gasteiger partial charge on any atom is 0.423 e. The predicted octanol–water partition coefficient (Wildman–Crippen LogP) is 1.99. The molecule has 0 aliphatic carbocycles. The lowest BCUT2D eigenvalue weighted by Gasteiger charge is -2.11. The Balaban J connectivity index is 2.37. The number of aromatic nitrogens is 3. The number of nitrogens with zero attached hydrogens (tertiary/aromatic N) is 3. The van der Waals surface area contributed by atoms with E-state index in [4.69, 9.17) is 4.42 Å². The monoisotopic (exact) mass is 283 g/mol. The number of benzene rings is 1. The number of hydrogen-bond donors (Lipinski definition) is 0. The van der Waals surface area contributed by atoms with Crippen LogP contribution in [0.25, 0.3) is 22.4 Å². The zero-order valence-corrected chi connectivity index (χ0v) is 11.6. The summed E-state index contributed by atoms with van der Waals surface area (Å²) in [5, 5.41) is 0.197. The molecule has 0 atom stereocenters. The Kier molecular flexibility index (Phi) is 3.13. The highest BCUT2D eigenvalue weighted by Crippen LogP contribution is 2.17. The highest BCUT2D eigenvalue weighted by atomic mass is 16.4. The molecule has 1 aromatic carbocycles. The first-order chi connectivity index (χ1) is 10.1. The minimum Gasteiger partial charge on any atom is -0.372 e. The molecule has 0 unspecified atom stereocenters. The average molecular weight is 283 g/mol. The Morgan fingerprint density at radius 2 is 1.86 bits per heavy atom. The van der Waals surface area contributed by atoms with Gasteiger partial charge in [-0.3, -0.25) is 4.57 Å². The van der Waals surface area contributed by atoms with E-state index in [9.17, 15) is 9.59 Å². The van der Waals surface area contributed by atoms with Gasteiger partial charge in [0, 0.05) is 17.8 Å². The van der Waals surface area contributed by atoms with E-state index in [2.05, 4.69) is 9.97 Å². The van der Waals surface area contributed by atoms with Crippen LogP contribution in [0.5, 0.6) is 0 Å². The molecule has 0 spiro atoms. The van der Waals surface area contributed by atoms with Crippen molar-refractivity contribution in [2.45, 2.75) is 19.9 Å². The molecule has 3 aromatic rings. The molecular formula is C15H13N3O3. The summed E-state index contributed by atoms with van der Waals surface area (Å²) in [7, 11) is 0. The summed E-state index contributed by atoms with van der Waals surface area (Å²) in [6.07, 6.45) is 1.40. The van der Waals surface area contributed by atoms with Crippen LogP contribution in [0, 0.1) is 0 Å². The molecule has 2 heterocycles. The third kappa shape index (κ3) is 2.24. The van der Waals surface area contributed by atoms with Crippen LogP contribution in [-0.2, 0) is 0 Å². The van der Waals surface area contributed by atoms with Gasteiger partial charge in [-0.2, -0.15) is 0 Å². The number of hydrogen-bond acceptors (Lipinski definition) is 5. The zero-order chi connectivity index (χ0) is 15.0. The first-order valence-corrected chi connectivity index (χ1v) is 6.55. The average Bonchev–Trinajstić information content (AvgIpc) is 2.47. The summed E-state index contributed by atoms with van der Waals surface area (Å²) in [4.78, 5) is 32.2. The van der Waals surface area contributed by atoms with E-state index in [1.165, 1.54) is 10.8 Å². The van der Waals surface area contributed by atoms with E-state index in [1.807, 2.05) is 44.2 Å². The number of rotatable bonds is 2. The highest BCUT2D eigenvalue weighted by Gasteiger charge is 2.15. The molecule has 0 aliphatic rings. The maximum absolute atomic E-state index is 11.9. The van der Waals surface area contributed by atoms with Gasteiger partial charge in [0.2, 0.25) is 0 Å². The van der Waals surface area contributed by atoms with Crippen molar-refractivity contribution in [2.24, 2.45) is 0 Å². The van der Waals surface area contributed by atoms with Gasteiger partial charge >= 0.3 is 11.4 Å². The van der Waals surface area contributed by atoms with Crippen molar-refractivity contribution in [3.63, 3.8) is 0 Å². The third-order valence-corrected chi connectivity index (χ3v) is 3.14. The molecule has 3 rings (SSSR count). The van der Waals surface area contributed by atoms with Crippen LogP contribution in [0.15, 0.2) is 50.5 Å². The maximum atomic E-state index is 11.9. The van der Waals surface area contributed by atoms with E-state index in [1.54, 1.807) is 0 Å². The van der Waals surface area contributed by atoms with Gasteiger partial charge in [0.25, 0.3) is 0 Å². The summed E-state index contributed by atoms with van der Waals surface area (Å²) < 4.78 is 6.05. The van der Waals surface area contributed by atoms with Crippen molar-refractivity contribution < 1.29 is 4.42 Å². The van der Waals surface area contributed by atoms with E-state index in [0.29, 0.717) is 11.5 Å². The van der Waals surface area contributed by atoms with Crippen molar-refractivity contribution in [2.75, 3.05) is 0 Å². The van der Waals surface area contributed by atoms with Crippen molar-refractivity contribution in [3.8, 4) is 11.4 Å². The molecular weight excluding hydrogens is 270 g/mol. The predicted molar refractivity (Wildman–Crippen MR) is 78.2 cm³/mol. The van der Waals surface area contributed by atoms with Crippen LogP contribution < -0.4 is 11.4 Å². The lowest BCUT2D eigenvalue weighted by Crippen LogP contribution is -2.27. The van der Waals surface area contributed by atoms with Gasteiger partial charge in [-0.05, 0) is 13.8 Å². The Morgan fingerprint density at radius 1 is 1.14 bits per heavy atom. The van der Waals surface area contributed by atoms with E-state index >= 15 is 0 Å². The van der Waals surface area contributed by atoms with Gasteiger partial charge in [-0.1, -0.05) is 30.3 Å². The Bertz CT molecular complexity index is 911. The van der Waals surface area contributed by atoms with Gasteiger partial charge in [0.1, 0.15) is 5.39 Å². The second-order valence-corrected chi connectivity index (χ2v) is 4.92. The van der Waals surface area contributed by atoms with Crippen LogP contribution in [0.3, 0.4) is 0 Å². The third-order valence-electron chi connectivity index (χ3n) is 3.14. The first-order valence-electron chi connectivity index (χ1n) is 6.55. The molecule has 0 saturated carbocycles. The molecule has 21 heavy (non-hydrogen) atoms. The van der Waals surface area contributed by atoms with Crippen LogP contribution in [0.4, 0.5) is 0 Å². The minimum atomic E-state index is -0.716. The Labute approximate surface area is 119 Å². The molecule has 0 N–H and O–H groups in total. The standard InChI is InChI=1S/C15H13N3O3/c1-9(2)18-13-11(14(19)21-15(18)20)8-16-12(17-13)10-6-4-3-5-7-10/h3-9H,1-2H3. The van der Waals surface area contributed by atoms with Crippen LogP contribution >= 0.6 is 0 Å². The van der Waals surface area contributed by atoms with Crippen molar-refractivity contribution in [3.05, 3.63) is 57.5 Å². The molecule has 0 saturated heterocycles. The minimum absolute atomic E-state index is 0.178. The van der Waals surface area contributed by atoms with E-state index < -0.39 is 11.4 Å².